The molecule has 0 aromatic heterocycles. The first-order valence-corrected chi connectivity index (χ1v) is 8.02. The van der Waals surface area contributed by atoms with E-state index >= 15 is 0 Å². The molecule has 2 aromatic rings. The van der Waals surface area contributed by atoms with Crippen molar-refractivity contribution in [3.05, 3.63) is 52.0 Å². The van der Waals surface area contributed by atoms with Crippen LogP contribution in [-0.2, 0) is 10.0 Å². The average Bonchev–Trinajstić information content (AvgIpc) is 2.38. The third-order valence-corrected chi connectivity index (χ3v) is 4.81. The molecule has 0 amide bonds. The van der Waals surface area contributed by atoms with E-state index in [4.69, 9.17) is 5.73 Å². The molecule has 0 aliphatic rings. The van der Waals surface area contributed by atoms with Crippen LogP contribution in [0.25, 0.3) is 0 Å². The van der Waals surface area contributed by atoms with Crippen LogP contribution >= 0.6 is 15.9 Å². The van der Waals surface area contributed by atoms with E-state index in [2.05, 4.69) is 20.7 Å². The molecule has 4 nitrogen and oxygen atoms in total. The molecule has 0 unspecified atom stereocenters. The average molecular weight is 377 g/mol. The number of hydrogen-bond donors (Lipinski definition) is 2. The Hall–Kier alpha value is -1.67. The smallest absolute Gasteiger partial charge is 0.264 e. The number of aryl methyl sites for hydroxylation is 1. The first-order chi connectivity index (χ1) is 9.72. The molecule has 2 rings (SSSR count). The number of rotatable bonds is 3. The van der Waals surface area contributed by atoms with Gasteiger partial charge in [-0.1, -0.05) is 12.1 Å². The van der Waals surface area contributed by atoms with Crippen molar-refractivity contribution in [1.82, 2.24) is 0 Å². The molecule has 0 aliphatic heterocycles. The number of nitrogen functional groups attached to an aromatic ring is 1. The Morgan fingerprint density at radius 2 is 1.86 bits per heavy atom. The maximum atomic E-state index is 13.7. The summed E-state index contributed by atoms with van der Waals surface area (Å²) in [6.07, 6.45) is 0. The molecule has 3 N–H and O–H groups in total. The minimum absolute atomic E-state index is 0.0534. The van der Waals surface area contributed by atoms with E-state index in [0.29, 0.717) is 5.56 Å². The lowest BCUT2D eigenvalue weighted by molar-refractivity contribution is 0.597. The summed E-state index contributed by atoms with van der Waals surface area (Å²) in [5.41, 5.74) is 5.51. The fourth-order valence-corrected chi connectivity index (χ4v) is 3.50. The van der Waals surface area contributed by atoms with Gasteiger partial charge in [-0.2, -0.15) is 0 Å². The number of benzene rings is 2. The van der Waals surface area contributed by atoms with Gasteiger partial charge in [-0.05, 0) is 46.6 Å². The van der Waals surface area contributed by atoms with E-state index in [-0.39, 0.29) is 20.7 Å². The summed E-state index contributed by atoms with van der Waals surface area (Å²) in [7, 11) is -4.14. The van der Waals surface area contributed by atoms with Gasteiger partial charge >= 0.3 is 0 Å². The number of hydrogen-bond acceptors (Lipinski definition) is 3. The summed E-state index contributed by atoms with van der Waals surface area (Å²) in [4.78, 5) is -0.335. The fraction of sp³-hybridized carbons (Fsp3) is 0.0769. The molecule has 2 aromatic carbocycles. The van der Waals surface area contributed by atoms with Gasteiger partial charge in [0.15, 0.2) is 0 Å². The lowest BCUT2D eigenvalue weighted by atomic mass is 10.2. The zero-order valence-corrected chi connectivity index (χ0v) is 13.2. The molecule has 112 valence electrons. The minimum atomic E-state index is -4.14. The highest BCUT2D eigenvalue weighted by Gasteiger charge is 2.22. The summed E-state index contributed by atoms with van der Waals surface area (Å²) in [6.45, 7) is 1.56. The Labute approximate surface area is 129 Å². The molecule has 0 spiro atoms. The largest absolute Gasteiger partial charge is 0.398 e. The van der Waals surface area contributed by atoms with Crippen LogP contribution in [0.2, 0.25) is 0 Å². The zero-order valence-electron chi connectivity index (χ0n) is 10.8. The predicted molar refractivity (Wildman–Crippen MR) is 80.5 cm³/mol. The Morgan fingerprint density at radius 3 is 2.48 bits per heavy atom. The van der Waals surface area contributed by atoms with Crippen molar-refractivity contribution in [1.29, 1.82) is 0 Å². The summed E-state index contributed by atoms with van der Waals surface area (Å²) < 4.78 is 53.7. The van der Waals surface area contributed by atoms with Crippen molar-refractivity contribution in [3.8, 4) is 0 Å². The van der Waals surface area contributed by atoms with Crippen LogP contribution in [0, 0.1) is 18.6 Å². The molecule has 0 radical (unpaired) electrons. The molecule has 0 saturated heterocycles. The molecule has 8 heteroatoms. The summed E-state index contributed by atoms with van der Waals surface area (Å²) in [5.74, 6) is -1.40. The molecular weight excluding hydrogens is 366 g/mol. The number of nitrogens with two attached hydrogens (primary N) is 1. The number of halogens is 3. The second-order valence-electron chi connectivity index (χ2n) is 4.34. The Kier molecular flexibility index (Phi) is 4.20. The van der Waals surface area contributed by atoms with E-state index in [1.165, 1.54) is 6.07 Å². The van der Waals surface area contributed by atoms with Crippen LogP contribution in [0.1, 0.15) is 5.56 Å². The third-order valence-electron chi connectivity index (χ3n) is 2.80. The van der Waals surface area contributed by atoms with Gasteiger partial charge in [-0.3, -0.25) is 4.72 Å². The minimum Gasteiger partial charge on any atom is -0.398 e. The SMILES string of the molecule is Cc1cccc(F)c1NS(=O)(=O)c1cc(Br)c(F)cc1N. The van der Waals surface area contributed by atoms with Gasteiger partial charge in [0.05, 0.1) is 15.8 Å². The van der Waals surface area contributed by atoms with Crippen molar-refractivity contribution >= 4 is 37.3 Å². The van der Waals surface area contributed by atoms with E-state index < -0.39 is 21.7 Å². The van der Waals surface area contributed by atoms with Crippen molar-refractivity contribution in [2.75, 3.05) is 10.5 Å². The lowest BCUT2D eigenvalue weighted by Crippen LogP contribution is -2.16. The third kappa shape index (κ3) is 3.16. The van der Waals surface area contributed by atoms with E-state index in [9.17, 15) is 17.2 Å². The van der Waals surface area contributed by atoms with Crippen LogP contribution in [0.4, 0.5) is 20.2 Å². The van der Waals surface area contributed by atoms with Crippen LogP contribution in [0.3, 0.4) is 0 Å². The van der Waals surface area contributed by atoms with Gasteiger partial charge in [-0.15, -0.1) is 0 Å². The van der Waals surface area contributed by atoms with Crippen LogP contribution in [0.15, 0.2) is 39.7 Å². The standard InChI is InChI=1S/C13H11BrF2N2O2S/c1-7-3-2-4-9(15)13(7)18-21(19,20)12-5-8(14)10(16)6-11(12)17/h2-6,18H,17H2,1H3. The number of nitrogens with one attached hydrogen (secondary N) is 1. The molecule has 21 heavy (non-hydrogen) atoms. The first kappa shape index (κ1) is 15.7. The summed E-state index contributed by atoms with van der Waals surface area (Å²) in [6, 6.07) is 6.07. The number of para-hydroxylation sites is 1. The van der Waals surface area contributed by atoms with Crippen molar-refractivity contribution in [3.63, 3.8) is 0 Å². The Balaban J connectivity index is 2.51. The normalized spacial score (nSPS) is 11.4. The summed E-state index contributed by atoms with van der Waals surface area (Å²) >= 11 is 2.89. The molecule has 0 bridgehead atoms. The van der Waals surface area contributed by atoms with Crippen molar-refractivity contribution < 1.29 is 17.2 Å². The Morgan fingerprint density at radius 1 is 1.19 bits per heavy atom. The van der Waals surface area contributed by atoms with Crippen molar-refractivity contribution in [2.45, 2.75) is 11.8 Å². The van der Waals surface area contributed by atoms with Gasteiger partial charge in [0.25, 0.3) is 10.0 Å². The fourth-order valence-electron chi connectivity index (χ4n) is 1.73. The molecular formula is C13H11BrF2N2O2S. The van der Waals surface area contributed by atoms with E-state index in [1.54, 1.807) is 13.0 Å². The second-order valence-corrected chi connectivity index (χ2v) is 6.85. The number of anilines is 2. The van der Waals surface area contributed by atoms with Gasteiger partial charge in [0, 0.05) is 0 Å². The van der Waals surface area contributed by atoms with E-state index in [1.807, 2.05) is 0 Å². The van der Waals surface area contributed by atoms with Gasteiger partial charge in [0.2, 0.25) is 0 Å². The van der Waals surface area contributed by atoms with Crippen LogP contribution in [0.5, 0.6) is 0 Å². The summed E-state index contributed by atoms with van der Waals surface area (Å²) in [5, 5.41) is 0. The molecule has 0 atom stereocenters. The highest BCUT2D eigenvalue weighted by atomic mass is 79.9. The second kappa shape index (κ2) is 5.61. The monoisotopic (exact) mass is 376 g/mol. The lowest BCUT2D eigenvalue weighted by Gasteiger charge is -2.13. The number of sulfonamides is 1. The van der Waals surface area contributed by atoms with Crippen LogP contribution < -0.4 is 10.5 Å². The quantitative estimate of drug-likeness (QED) is 0.806. The first-order valence-electron chi connectivity index (χ1n) is 5.75. The maximum Gasteiger partial charge on any atom is 0.264 e. The van der Waals surface area contributed by atoms with Crippen molar-refractivity contribution in [2.24, 2.45) is 0 Å². The predicted octanol–water partition coefficient (Wildman–Crippen LogP) is 3.42. The molecule has 0 aliphatic carbocycles. The highest BCUT2D eigenvalue weighted by Crippen LogP contribution is 2.29. The molecule has 0 saturated carbocycles. The van der Waals surface area contributed by atoms with E-state index in [0.717, 1.165) is 18.2 Å². The maximum absolute atomic E-state index is 13.7. The topological polar surface area (TPSA) is 72.2 Å². The van der Waals surface area contributed by atoms with Gasteiger partial charge in [0.1, 0.15) is 16.5 Å². The van der Waals surface area contributed by atoms with Crippen LogP contribution in [-0.4, -0.2) is 8.42 Å². The Bertz CT molecular complexity index is 790. The molecule has 0 fully saturated rings. The van der Waals surface area contributed by atoms with Gasteiger partial charge < -0.3 is 5.73 Å². The zero-order chi connectivity index (χ0) is 15.8. The highest BCUT2D eigenvalue weighted by molar-refractivity contribution is 9.10. The van der Waals surface area contributed by atoms with Gasteiger partial charge in [-0.25, -0.2) is 17.2 Å². The molecule has 0 heterocycles.